The molecular weight excluding hydrogens is 418 g/mol. The van der Waals surface area contributed by atoms with Crippen molar-refractivity contribution in [3.05, 3.63) is 64.1 Å². The first-order chi connectivity index (χ1) is 13.5. The number of amides is 1. The van der Waals surface area contributed by atoms with Crippen molar-refractivity contribution >= 4 is 38.6 Å². The highest BCUT2D eigenvalue weighted by Gasteiger charge is 2.09. The van der Waals surface area contributed by atoms with Crippen LogP contribution in [-0.2, 0) is 17.8 Å². The van der Waals surface area contributed by atoms with Crippen LogP contribution in [-0.4, -0.2) is 18.0 Å². The molecule has 0 spiro atoms. The number of pyridine rings is 1. The highest BCUT2D eigenvalue weighted by Crippen LogP contribution is 2.25. The second-order valence-electron chi connectivity index (χ2n) is 6.00. The number of carbonyl (C=O) groups excluding carboxylic acids is 1. The molecule has 3 aromatic rings. The number of nitrogens with zero attached hydrogens (tertiary/aromatic N) is 1. The van der Waals surface area contributed by atoms with Crippen LogP contribution in [0.3, 0.4) is 0 Å². The topological polar surface area (TPSA) is 77.2 Å². The second-order valence-corrected chi connectivity index (χ2v) is 6.92. The van der Waals surface area contributed by atoms with Crippen LogP contribution < -0.4 is 15.8 Å². The lowest BCUT2D eigenvalue weighted by Crippen LogP contribution is -2.12. The monoisotopic (exact) mass is 443 g/mol. The molecule has 148 valence electrons. The Hall–Kier alpha value is -2.60. The van der Waals surface area contributed by atoms with Crippen molar-refractivity contribution < 1.29 is 9.53 Å². The number of nitrogens with two attached hydrogens (primary N) is 1. The molecule has 3 rings (SSSR count). The number of aryl methyl sites for hydroxylation is 1. The number of hydrogen-bond acceptors (Lipinski definition) is 4. The van der Waals surface area contributed by atoms with Crippen molar-refractivity contribution in [3.8, 4) is 5.75 Å². The first-order valence-corrected chi connectivity index (χ1v) is 10.1. The zero-order valence-electron chi connectivity index (χ0n) is 16.5. The fourth-order valence-corrected chi connectivity index (χ4v) is 3.10. The quantitative estimate of drug-likeness (QED) is 0.534. The Morgan fingerprint density at radius 2 is 1.86 bits per heavy atom. The summed E-state index contributed by atoms with van der Waals surface area (Å²) in [5.74, 6) is 1.28. The van der Waals surface area contributed by atoms with Gasteiger partial charge in [0.15, 0.2) is 0 Å². The minimum absolute atomic E-state index is 0.290. The van der Waals surface area contributed by atoms with Gasteiger partial charge in [-0.3, -0.25) is 4.79 Å². The highest BCUT2D eigenvalue weighted by molar-refractivity contribution is 9.10. The van der Waals surface area contributed by atoms with E-state index in [0.29, 0.717) is 19.4 Å². The molecular formula is C22H26BrN3O2. The zero-order chi connectivity index (χ0) is 20.5. The van der Waals surface area contributed by atoms with Crippen LogP contribution in [0, 0.1) is 0 Å². The van der Waals surface area contributed by atoms with E-state index in [4.69, 9.17) is 15.5 Å². The molecule has 1 heterocycles. The number of halogens is 1. The molecule has 0 unspecified atom stereocenters. The number of primary amides is 1. The summed E-state index contributed by atoms with van der Waals surface area (Å²) in [6.07, 6.45) is 0.841. The summed E-state index contributed by atoms with van der Waals surface area (Å²) in [5.41, 5.74) is 8.31. The van der Waals surface area contributed by atoms with E-state index in [1.807, 2.05) is 56.3 Å². The van der Waals surface area contributed by atoms with E-state index in [9.17, 15) is 4.79 Å². The van der Waals surface area contributed by atoms with Crippen molar-refractivity contribution in [2.45, 2.75) is 33.2 Å². The molecule has 0 aliphatic carbocycles. The maximum atomic E-state index is 11.2. The van der Waals surface area contributed by atoms with E-state index >= 15 is 0 Å². The smallest absolute Gasteiger partial charge is 0.217 e. The van der Waals surface area contributed by atoms with Crippen LogP contribution in [0.2, 0.25) is 0 Å². The van der Waals surface area contributed by atoms with Gasteiger partial charge in [0, 0.05) is 22.8 Å². The van der Waals surface area contributed by atoms with Crippen molar-refractivity contribution in [2.75, 3.05) is 12.4 Å². The highest BCUT2D eigenvalue weighted by atomic mass is 79.9. The lowest BCUT2D eigenvalue weighted by molar-refractivity contribution is -0.117. The number of nitrogens with one attached hydrogen (secondary N) is 1. The van der Waals surface area contributed by atoms with Gasteiger partial charge in [0.25, 0.3) is 0 Å². The number of rotatable bonds is 7. The fraction of sp³-hybridized carbons (Fsp3) is 0.273. The van der Waals surface area contributed by atoms with Crippen LogP contribution in [0.1, 0.15) is 31.4 Å². The van der Waals surface area contributed by atoms with Crippen LogP contribution in [0.5, 0.6) is 5.75 Å². The molecule has 0 bridgehead atoms. The van der Waals surface area contributed by atoms with Crippen LogP contribution >= 0.6 is 15.9 Å². The maximum absolute atomic E-state index is 11.2. The fourth-order valence-electron chi connectivity index (χ4n) is 2.72. The Morgan fingerprint density at radius 3 is 2.50 bits per heavy atom. The summed E-state index contributed by atoms with van der Waals surface area (Å²) in [5, 5.41) is 4.40. The van der Waals surface area contributed by atoms with Gasteiger partial charge in [-0.05, 0) is 53.9 Å². The van der Waals surface area contributed by atoms with E-state index in [1.54, 1.807) is 7.11 Å². The normalized spacial score (nSPS) is 10.1. The number of fused-ring (bicyclic) bond motifs is 1. The lowest BCUT2D eigenvalue weighted by atomic mass is 10.1. The van der Waals surface area contributed by atoms with Gasteiger partial charge in [-0.1, -0.05) is 41.9 Å². The average Bonchev–Trinajstić information content (AvgIpc) is 2.72. The minimum atomic E-state index is -0.319. The number of benzene rings is 2. The van der Waals surface area contributed by atoms with E-state index < -0.39 is 0 Å². The SMILES string of the molecule is CC.COc1ccc(CNc2nc3ccc(Br)cc3cc2CCC(N)=O)cc1. The molecule has 0 radical (unpaired) electrons. The summed E-state index contributed by atoms with van der Waals surface area (Å²) < 4.78 is 6.18. The predicted molar refractivity (Wildman–Crippen MR) is 119 cm³/mol. The molecule has 0 aliphatic rings. The van der Waals surface area contributed by atoms with E-state index in [-0.39, 0.29) is 5.91 Å². The van der Waals surface area contributed by atoms with Gasteiger partial charge in [-0.15, -0.1) is 0 Å². The first kappa shape index (κ1) is 21.7. The van der Waals surface area contributed by atoms with Crippen LogP contribution in [0.25, 0.3) is 10.9 Å². The Kier molecular flexibility index (Phi) is 8.26. The molecule has 1 amide bonds. The molecule has 0 saturated heterocycles. The summed E-state index contributed by atoms with van der Waals surface area (Å²) in [4.78, 5) is 15.9. The number of hydrogen-bond donors (Lipinski definition) is 2. The van der Waals surface area contributed by atoms with Gasteiger partial charge in [-0.25, -0.2) is 4.98 Å². The largest absolute Gasteiger partial charge is 0.497 e. The summed E-state index contributed by atoms with van der Waals surface area (Å²) >= 11 is 3.48. The number of aromatic nitrogens is 1. The molecule has 3 N–H and O–H groups in total. The lowest BCUT2D eigenvalue weighted by Gasteiger charge is -2.13. The van der Waals surface area contributed by atoms with E-state index in [1.165, 1.54) is 0 Å². The standard InChI is InChI=1S/C20H20BrN3O2.C2H6/c1-26-17-6-2-13(3-7-17)12-23-20-14(4-9-19(22)25)10-15-11-16(21)5-8-18(15)24-20;1-2/h2-3,5-8,10-11H,4,9,12H2,1H3,(H2,22,25)(H,23,24);1-2H3. The second kappa shape index (κ2) is 10.7. The van der Waals surface area contributed by atoms with Crippen LogP contribution in [0.15, 0.2) is 53.0 Å². The van der Waals surface area contributed by atoms with E-state index in [2.05, 4.69) is 27.3 Å². The van der Waals surface area contributed by atoms with Gasteiger partial charge in [0.2, 0.25) is 5.91 Å². The molecule has 0 fully saturated rings. The number of methoxy groups -OCH3 is 1. The molecule has 0 aliphatic heterocycles. The van der Waals surface area contributed by atoms with E-state index in [0.717, 1.165) is 38.1 Å². The minimum Gasteiger partial charge on any atom is -0.497 e. The van der Waals surface area contributed by atoms with Crippen molar-refractivity contribution in [1.82, 2.24) is 4.98 Å². The Bertz CT molecular complexity index is 927. The van der Waals surface area contributed by atoms with Gasteiger partial charge in [-0.2, -0.15) is 0 Å². The average molecular weight is 444 g/mol. The number of anilines is 1. The number of carbonyl (C=O) groups is 1. The molecule has 6 heteroatoms. The summed E-state index contributed by atoms with van der Waals surface area (Å²) in [7, 11) is 1.65. The molecule has 5 nitrogen and oxygen atoms in total. The van der Waals surface area contributed by atoms with Crippen molar-refractivity contribution in [2.24, 2.45) is 5.73 Å². The van der Waals surface area contributed by atoms with Gasteiger partial charge >= 0.3 is 0 Å². The molecule has 0 atom stereocenters. The third-order valence-electron chi connectivity index (χ3n) is 4.12. The maximum Gasteiger partial charge on any atom is 0.217 e. The van der Waals surface area contributed by atoms with Crippen molar-refractivity contribution in [1.29, 1.82) is 0 Å². The molecule has 28 heavy (non-hydrogen) atoms. The molecule has 0 saturated carbocycles. The molecule has 1 aromatic heterocycles. The third kappa shape index (κ3) is 5.96. The predicted octanol–water partition coefficient (Wildman–Crippen LogP) is 5.06. The van der Waals surface area contributed by atoms with Crippen LogP contribution in [0.4, 0.5) is 5.82 Å². The zero-order valence-corrected chi connectivity index (χ0v) is 18.0. The van der Waals surface area contributed by atoms with Gasteiger partial charge in [0.1, 0.15) is 11.6 Å². The first-order valence-electron chi connectivity index (χ1n) is 9.29. The Labute approximate surface area is 174 Å². The van der Waals surface area contributed by atoms with Gasteiger partial charge < -0.3 is 15.8 Å². The number of ether oxygens (including phenoxy) is 1. The Morgan fingerprint density at radius 1 is 1.14 bits per heavy atom. The molecule has 2 aromatic carbocycles. The van der Waals surface area contributed by atoms with Crippen molar-refractivity contribution in [3.63, 3.8) is 0 Å². The summed E-state index contributed by atoms with van der Waals surface area (Å²) in [6, 6.07) is 15.9. The van der Waals surface area contributed by atoms with Gasteiger partial charge in [0.05, 0.1) is 12.6 Å². The Balaban J connectivity index is 0.00000136. The summed E-state index contributed by atoms with van der Waals surface area (Å²) in [6.45, 7) is 4.63. The third-order valence-corrected chi connectivity index (χ3v) is 4.61.